The molecule has 0 aromatic heterocycles. The molecule has 0 aliphatic heterocycles. The Morgan fingerprint density at radius 1 is 1.53 bits per heavy atom. The Bertz CT molecular complexity index is 218. The summed E-state index contributed by atoms with van der Waals surface area (Å²) in [7, 11) is 1.96. The van der Waals surface area contributed by atoms with E-state index < -0.39 is 0 Å². The molecule has 1 aliphatic rings. The molecule has 0 aromatic carbocycles. The standard InChI is InChI=1S/C12H23NO2/c1-4-10-6-7-12(8-10,13-3)9-11(14)15-5-2/h10,13H,4-9H2,1-3H3. The van der Waals surface area contributed by atoms with Crippen molar-refractivity contribution >= 4 is 5.97 Å². The zero-order valence-electron chi connectivity index (χ0n) is 10.1. The van der Waals surface area contributed by atoms with Crippen molar-refractivity contribution < 1.29 is 9.53 Å². The fourth-order valence-electron chi connectivity index (χ4n) is 2.55. The molecular formula is C12H23NO2. The van der Waals surface area contributed by atoms with E-state index in [1.165, 1.54) is 12.8 Å². The van der Waals surface area contributed by atoms with Gasteiger partial charge in [0.05, 0.1) is 13.0 Å². The van der Waals surface area contributed by atoms with Crippen LogP contribution in [-0.4, -0.2) is 25.2 Å². The maximum absolute atomic E-state index is 11.5. The lowest BCUT2D eigenvalue weighted by Gasteiger charge is -2.28. The van der Waals surface area contributed by atoms with Crippen LogP contribution in [0.2, 0.25) is 0 Å². The van der Waals surface area contributed by atoms with E-state index in [2.05, 4.69) is 12.2 Å². The lowest BCUT2D eigenvalue weighted by Crippen LogP contribution is -2.42. The topological polar surface area (TPSA) is 38.3 Å². The largest absolute Gasteiger partial charge is 0.466 e. The van der Waals surface area contributed by atoms with E-state index in [1.54, 1.807) is 0 Å². The Morgan fingerprint density at radius 3 is 2.73 bits per heavy atom. The van der Waals surface area contributed by atoms with Crippen LogP contribution in [0, 0.1) is 5.92 Å². The molecule has 2 atom stereocenters. The van der Waals surface area contributed by atoms with Gasteiger partial charge >= 0.3 is 5.97 Å². The molecule has 1 rings (SSSR count). The van der Waals surface area contributed by atoms with Crippen molar-refractivity contribution in [1.29, 1.82) is 0 Å². The quantitative estimate of drug-likeness (QED) is 0.711. The van der Waals surface area contributed by atoms with Gasteiger partial charge in [-0.25, -0.2) is 0 Å². The van der Waals surface area contributed by atoms with E-state index >= 15 is 0 Å². The predicted molar refractivity (Wildman–Crippen MR) is 60.7 cm³/mol. The molecule has 88 valence electrons. The van der Waals surface area contributed by atoms with Crippen molar-refractivity contribution in [3.8, 4) is 0 Å². The molecule has 0 bridgehead atoms. The van der Waals surface area contributed by atoms with E-state index in [9.17, 15) is 4.79 Å². The second-order valence-electron chi connectivity index (χ2n) is 4.53. The Balaban J connectivity index is 2.51. The summed E-state index contributed by atoms with van der Waals surface area (Å²) in [6, 6.07) is 0. The predicted octanol–water partition coefficient (Wildman–Crippen LogP) is 2.11. The molecule has 0 saturated heterocycles. The second kappa shape index (κ2) is 5.50. The molecule has 0 amide bonds. The second-order valence-corrected chi connectivity index (χ2v) is 4.53. The number of carbonyl (C=O) groups is 1. The summed E-state index contributed by atoms with van der Waals surface area (Å²) in [5.74, 6) is 0.704. The highest BCUT2D eigenvalue weighted by atomic mass is 16.5. The maximum Gasteiger partial charge on any atom is 0.307 e. The monoisotopic (exact) mass is 213 g/mol. The number of hydrogen-bond acceptors (Lipinski definition) is 3. The summed E-state index contributed by atoms with van der Waals surface area (Å²) in [6.45, 7) is 4.56. The van der Waals surface area contributed by atoms with E-state index in [4.69, 9.17) is 4.74 Å². The van der Waals surface area contributed by atoms with Crippen molar-refractivity contribution in [2.45, 2.75) is 51.5 Å². The molecule has 0 spiro atoms. The average molecular weight is 213 g/mol. The molecule has 0 radical (unpaired) electrons. The third-order valence-corrected chi connectivity index (χ3v) is 3.61. The highest BCUT2D eigenvalue weighted by Crippen LogP contribution is 2.38. The molecule has 0 aromatic rings. The SMILES string of the molecule is CCOC(=O)CC1(NC)CCC(CC)C1. The van der Waals surface area contributed by atoms with Crippen LogP contribution >= 0.6 is 0 Å². The summed E-state index contributed by atoms with van der Waals surface area (Å²) in [6.07, 6.45) is 5.18. The smallest absolute Gasteiger partial charge is 0.307 e. The maximum atomic E-state index is 11.5. The van der Waals surface area contributed by atoms with Gasteiger partial charge in [-0.3, -0.25) is 4.79 Å². The van der Waals surface area contributed by atoms with Gasteiger partial charge in [0.15, 0.2) is 0 Å². The van der Waals surface area contributed by atoms with E-state index in [0.717, 1.165) is 18.8 Å². The first-order valence-electron chi connectivity index (χ1n) is 6.00. The molecule has 3 nitrogen and oxygen atoms in total. The van der Waals surface area contributed by atoms with Crippen molar-refractivity contribution in [1.82, 2.24) is 5.32 Å². The molecule has 0 heterocycles. The molecule has 1 fully saturated rings. The van der Waals surface area contributed by atoms with Gasteiger partial charge in [0.1, 0.15) is 0 Å². The van der Waals surface area contributed by atoms with Crippen LogP contribution in [0.4, 0.5) is 0 Å². The first-order chi connectivity index (χ1) is 7.15. The van der Waals surface area contributed by atoms with Gasteiger partial charge in [0.2, 0.25) is 0 Å². The van der Waals surface area contributed by atoms with Crippen molar-refractivity contribution in [2.75, 3.05) is 13.7 Å². The Labute approximate surface area is 92.6 Å². The molecule has 15 heavy (non-hydrogen) atoms. The summed E-state index contributed by atoms with van der Waals surface area (Å²) in [4.78, 5) is 11.5. The van der Waals surface area contributed by atoms with Crippen molar-refractivity contribution in [3.63, 3.8) is 0 Å². The van der Waals surface area contributed by atoms with Gasteiger partial charge in [0.25, 0.3) is 0 Å². The summed E-state index contributed by atoms with van der Waals surface area (Å²) in [5.41, 5.74) is 0.00687. The zero-order valence-corrected chi connectivity index (χ0v) is 10.1. The van der Waals surface area contributed by atoms with Crippen LogP contribution in [0.25, 0.3) is 0 Å². The number of esters is 1. The normalized spacial score (nSPS) is 30.5. The average Bonchev–Trinajstić information content (AvgIpc) is 2.62. The Morgan fingerprint density at radius 2 is 2.27 bits per heavy atom. The number of rotatable bonds is 5. The fraction of sp³-hybridized carbons (Fsp3) is 0.917. The van der Waals surface area contributed by atoms with E-state index in [-0.39, 0.29) is 11.5 Å². The molecule has 1 saturated carbocycles. The molecule has 1 N–H and O–H groups in total. The molecular weight excluding hydrogens is 190 g/mol. The van der Waals surface area contributed by atoms with Crippen molar-refractivity contribution in [3.05, 3.63) is 0 Å². The molecule has 3 heteroatoms. The molecule has 2 unspecified atom stereocenters. The van der Waals surface area contributed by atoms with Crippen molar-refractivity contribution in [2.24, 2.45) is 5.92 Å². The van der Waals surface area contributed by atoms with E-state index in [1.807, 2.05) is 14.0 Å². The summed E-state index contributed by atoms with van der Waals surface area (Å²) >= 11 is 0. The first-order valence-corrected chi connectivity index (χ1v) is 6.00. The van der Waals surface area contributed by atoms with Crippen LogP contribution in [0.3, 0.4) is 0 Å². The summed E-state index contributed by atoms with van der Waals surface area (Å²) in [5, 5.41) is 3.33. The van der Waals surface area contributed by atoms with Gasteiger partial charge in [-0.05, 0) is 39.2 Å². The Hall–Kier alpha value is -0.570. The highest BCUT2D eigenvalue weighted by Gasteiger charge is 2.39. The van der Waals surface area contributed by atoms with Crippen LogP contribution in [0.15, 0.2) is 0 Å². The minimum Gasteiger partial charge on any atom is -0.466 e. The number of nitrogens with one attached hydrogen (secondary N) is 1. The van der Waals surface area contributed by atoms with Gasteiger partial charge < -0.3 is 10.1 Å². The van der Waals surface area contributed by atoms with Gasteiger partial charge in [-0.2, -0.15) is 0 Å². The fourth-order valence-corrected chi connectivity index (χ4v) is 2.55. The minimum absolute atomic E-state index is 0.00687. The zero-order chi connectivity index (χ0) is 11.3. The van der Waals surface area contributed by atoms with Gasteiger partial charge in [-0.15, -0.1) is 0 Å². The first kappa shape index (κ1) is 12.5. The third kappa shape index (κ3) is 3.20. The van der Waals surface area contributed by atoms with Crippen LogP contribution in [0.5, 0.6) is 0 Å². The minimum atomic E-state index is -0.0661. The number of ether oxygens (including phenoxy) is 1. The third-order valence-electron chi connectivity index (χ3n) is 3.61. The van der Waals surface area contributed by atoms with Crippen LogP contribution in [-0.2, 0) is 9.53 Å². The lowest BCUT2D eigenvalue weighted by atomic mass is 9.91. The highest BCUT2D eigenvalue weighted by molar-refractivity contribution is 5.71. The Kier molecular flexibility index (Phi) is 4.58. The van der Waals surface area contributed by atoms with Gasteiger partial charge in [-0.1, -0.05) is 13.3 Å². The van der Waals surface area contributed by atoms with Crippen LogP contribution in [0.1, 0.15) is 46.0 Å². The van der Waals surface area contributed by atoms with Gasteiger partial charge in [0, 0.05) is 5.54 Å². The summed E-state index contributed by atoms with van der Waals surface area (Å²) < 4.78 is 5.02. The lowest BCUT2D eigenvalue weighted by molar-refractivity contribution is -0.144. The molecule has 1 aliphatic carbocycles. The van der Waals surface area contributed by atoms with E-state index in [0.29, 0.717) is 13.0 Å². The van der Waals surface area contributed by atoms with Crippen LogP contribution < -0.4 is 5.32 Å². The number of hydrogen-bond donors (Lipinski definition) is 1. The number of carbonyl (C=O) groups excluding carboxylic acids is 1.